The van der Waals surface area contributed by atoms with Crippen molar-refractivity contribution in [3.8, 4) is 17.3 Å². The Bertz CT molecular complexity index is 816. The zero-order valence-electron chi connectivity index (χ0n) is 11.5. The predicted molar refractivity (Wildman–Crippen MR) is 87.7 cm³/mol. The highest BCUT2D eigenvalue weighted by Gasteiger charge is 2.03. The van der Waals surface area contributed by atoms with Crippen LogP contribution in [-0.4, -0.2) is 16.2 Å². The summed E-state index contributed by atoms with van der Waals surface area (Å²) in [6, 6.07) is 13.2. The lowest BCUT2D eigenvalue weighted by molar-refractivity contribution is 1.28. The minimum absolute atomic E-state index is 0.637. The van der Waals surface area contributed by atoms with Crippen LogP contribution in [0, 0.1) is 11.3 Å². The first-order valence-electron chi connectivity index (χ1n) is 6.50. The molecule has 0 unspecified atom stereocenters. The average molecular weight is 305 g/mol. The number of hydrazone groups is 1. The Kier molecular flexibility index (Phi) is 4.18. The summed E-state index contributed by atoms with van der Waals surface area (Å²) >= 11 is 1.47. The molecule has 22 heavy (non-hydrogen) atoms. The van der Waals surface area contributed by atoms with E-state index in [1.807, 2.05) is 29.6 Å². The molecule has 3 rings (SSSR count). The molecular formula is C16H11N5S. The Morgan fingerprint density at radius 1 is 1.23 bits per heavy atom. The van der Waals surface area contributed by atoms with Crippen LogP contribution in [0.25, 0.3) is 11.3 Å². The first kappa shape index (κ1) is 13.9. The summed E-state index contributed by atoms with van der Waals surface area (Å²) < 4.78 is 0. The third-order valence-corrected chi connectivity index (χ3v) is 3.62. The van der Waals surface area contributed by atoms with Crippen LogP contribution >= 0.6 is 11.3 Å². The molecule has 3 aromatic rings. The van der Waals surface area contributed by atoms with Crippen molar-refractivity contribution in [1.29, 1.82) is 5.26 Å². The Morgan fingerprint density at radius 2 is 2.09 bits per heavy atom. The van der Waals surface area contributed by atoms with Crippen LogP contribution in [0.3, 0.4) is 0 Å². The van der Waals surface area contributed by atoms with Crippen molar-refractivity contribution < 1.29 is 0 Å². The van der Waals surface area contributed by atoms with Crippen LogP contribution < -0.4 is 5.43 Å². The van der Waals surface area contributed by atoms with Gasteiger partial charge in [0.05, 0.1) is 23.5 Å². The summed E-state index contributed by atoms with van der Waals surface area (Å²) in [6.07, 6.45) is 5.14. The van der Waals surface area contributed by atoms with Gasteiger partial charge in [0.25, 0.3) is 0 Å². The second kappa shape index (κ2) is 6.61. The van der Waals surface area contributed by atoms with Gasteiger partial charge in [0.15, 0.2) is 0 Å². The molecule has 2 aromatic heterocycles. The summed E-state index contributed by atoms with van der Waals surface area (Å²) in [6.45, 7) is 0. The van der Waals surface area contributed by atoms with E-state index in [1.165, 1.54) is 11.3 Å². The topological polar surface area (TPSA) is 74.0 Å². The molecule has 0 spiro atoms. The summed E-state index contributed by atoms with van der Waals surface area (Å²) in [7, 11) is 0. The van der Waals surface area contributed by atoms with E-state index in [1.54, 1.807) is 30.7 Å². The molecule has 6 heteroatoms. The third-order valence-electron chi connectivity index (χ3n) is 2.87. The highest BCUT2D eigenvalue weighted by molar-refractivity contribution is 7.14. The van der Waals surface area contributed by atoms with Crippen LogP contribution in [0.4, 0.5) is 5.13 Å². The van der Waals surface area contributed by atoms with Gasteiger partial charge in [-0.05, 0) is 18.2 Å². The van der Waals surface area contributed by atoms with Gasteiger partial charge in [-0.15, -0.1) is 11.3 Å². The summed E-state index contributed by atoms with van der Waals surface area (Å²) in [5, 5.41) is 15.6. The number of hydrogen-bond acceptors (Lipinski definition) is 6. The standard InChI is InChI=1S/C16H11N5S/c17-8-12-3-5-14(6-4-12)15-11-22-16(20-15)21-19-10-13-2-1-7-18-9-13/h1-7,9-11H,(H,20,21)/b19-10-. The lowest BCUT2D eigenvalue weighted by Gasteiger charge is -1.96. The van der Waals surface area contributed by atoms with Crippen LogP contribution in [0.5, 0.6) is 0 Å². The van der Waals surface area contributed by atoms with E-state index in [4.69, 9.17) is 5.26 Å². The van der Waals surface area contributed by atoms with Crippen molar-refractivity contribution in [2.75, 3.05) is 5.43 Å². The molecule has 1 aromatic carbocycles. The maximum absolute atomic E-state index is 8.80. The van der Waals surface area contributed by atoms with Crippen LogP contribution in [0.2, 0.25) is 0 Å². The number of nitrogens with zero attached hydrogens (tertiary/aromatic N) is 4. The molecule has 0 atom stereocenters. The van der Waals surface area contributed by atoms with Crippen LogP contribution in [0.1, 0.15) is 11.1 Å². The number of benzene rings is 1. The van der Waals surface area contributed by atoms with E-state index < -0.39 is 0 Å². The monoisotopic (exact) mass is 305 g/mol. The molecule has 0 bridgehead atoms. The molecule has 0 aliphatic carbocycles. The van der Waals surface area contributed by atoms with Crippen molar-refractivity contribution in [1.82, 2.24) is 9.97 Å². The number of pyridine rings is 1. The molecule has 0 amide bonds. The first-order valence-corrected chi connectivity index (χ1v) is 7.38. The van der Waals surface area contributed by atoms with E-state index >= 15 is 0 Å². The molecule has 5 nitrogen and oxygen atoms in total. The van der Waals surface area contributed by atoms with Gasteiger partial charge in [-0.3, -0.25) is 10.4 Å². The number of hydrogen-bond donors (Lipinski definition) is 1. The second-order valence-corrected chi connectivity index (χ2v) is 5.24. The predicted octanol–water partition coefficient (Wildman–Crippen LogP) is 3.52. The number of nitriles is 1. The first-order chi connectivity index (χ1) is 10.8. The molecular weight excluding hydrogens is 294 g/mol. The average Bonchev–Trinajstić information content (AvgIpc) is 3.05. The largest absolute Gasteiger partial charge is 0.264 e. The normalized spacial score (nSPS) is 10.5. The Hall–Kier alpha value is -3.04. The van der Waals surface area contributed by atoms with E-state index in [0.717, 1.165) is 16.8 Å². The van der Waals surface area contributed by atoms with Gasteiger partial charge in [-0.1, -0.05) is 18.2 Å². The number of thiazole rings is 1. The number of nitrogens with one attached hydrogen (secondary N) is 1. The fourth-order valence-electron chi connectivity index (χ4n) is 1.79. The molecule has 106 valence electrons. The molecule has 0 saturated heterocycles. The minimum atomic E-state index is 0.637. The van der Waals surface area contributed by atoms with Crippen LogP contribution in [0.15, 0.2) is 59.3 Å². The number of anilines is 1. The molecule has 1 N–H and O–H groups in total. The smallest absolute Gasteiger partial charge is 0.203 e. The Balaban J connectivity index is 1.68. The SMILES string of the molecule is N#Cc1ccc(-c2csc(N/N=C\c3cccnc3)n2)cc1. The molecule has 0 fully saturated rings. The highest BCUT2D eigenvalue weighted by Crippen LogP contribution is 2.25. The lowest BCUT2D eigenvalue weighted by atomic mass is 10.1. The Morgan fingerprint density at radius 3 is 2.82 bits per heavy atom. The number of aromatic nitrogens is 2. The minimum Gasteiger partial charge on any atom is -0.264 e. The van der Waals surface area contributed by atoms with Crippen molar-refractivity contribution in [2.45, 2.75) is 0 Å². The second-order valence-electron chi connectivity index (χ2n) is 4.38. The van der Waals surface area contributed by atoms with Gasteiger partial charge in [-0.25, -0.2) is 4.98 Å². The van der Waals surface area contributed by atoms with Gasteiger partial charge < -0.3 is 0 Å². The van der Waals surface area contributed by atoms with Crippen LogP contribution in [-0.2, 0) is 0 Å². The quantitative estimate of drug-likeness (QED) is 0.591. The van der Waals surface area contributed by atoms with Gasteiger partial charge in [0.2, 0.25) is 5.13 Å². The molecule has 0 aliphatic rings. The van der Waals surface area contributed by atoms with Crippen molar-refractivity contribution in [3.63, 3.8) is 0 Å². The van der Waals surface area contributed by atoms with E-state index in [-0.39, 0.29) is 0 Å². The fraction of sp³-hybridized carbons (Fsp3) is 0. The molecule has 0 aliphatic heterocycles. The number of rotatable bonds is 4. The van der Waals surface area contributed by atoms with Gasteiger partial charge in [0, 0.05) is 28.9 Å². The zero-order valence-corrected chi connectivity index (χ0v) is 12.3. The van der Waals surface area contributed by atoms with E-state index in [2.05, 4.69) is 26.6 Å². The van der Waals surface area contributed by atoms with Crippen molar-refractivity contribution in [2.24, 2.45) is 5.10 Å². The third kappa shape index (κ3) is 3.34. The highest BCUT2D eigenvalue weighted by atomic mass is 32.1. The lowest BCUT2D eigenvalue weighted by Crippen LogP contribution is -1.90. The Labute approximate surface area is 131 Å². The van der Waals surface area contributed by atoms with Gasteiger partial charge in [0.1, 0.15) is 0 Å². The summed E-state index contributed by atoms with van der Waals surface area (Å²) in [5.74, 6) is 0. The van der Waals surface area contributed by atoms with Crippen molar-refractivity contribution >= 4 is 22.7 Å². The van der Waals surface area contributed by atoms with E-state index in [9.17, 15) is 0 Å². The summed E-state index contributed by atoms with van der Waals surface area (Å²) in [5.41, 5.74) is 6.28. The van der Waals surface area contributed by atoms with Gasteiger partial charge in [-0.2, -0.15) is 10.4 Å². The fourth-order valence-corrected chi connectivity index (χ4v) is 2.46. The zero-order chi connectivity index (χ0) is 15.2. The molecule has 0 radical (unpaired) electrons. The molecule has 2 heterocycles. The van der Waals surface area contributed by atoms with Crippen molar-refractivity contribution in [3.05, 3.63) is 65.3 Å². The molecule has 0 saturated carbocycles. The maximum Gasteiger partial charge on any atom is 0.203 e. The summed E-state index contributed by atoms with van der Waals surface area (Å²) in [4.78, 5) is 8.48. The van der Waals surface area contributed by atoms with E-state index in [0.29, 0.717) is 10.7 Å². The maximum atomic E-state index is 8.80. The van der Waals surface area contributed by atoms with Gasteiger partial charge >= 0.3 is 0 Å².